The van der Waals surface area contributed by atoms with Gasteiger partial charge in [-0.2, -0.15) is 4.68 Å². The van der Waals surface area contributed by atoms with Gasteiger partial charge in [-0.25, -0.2) is 0 Å². The maximum atomic E-state index is 12.5. The molecule has 0 amide bonds. The number of benzene rings is 1. The quantitative estimate of drug-likeness (QED) is 0.643. The zero-order valence-corrected chi connectivity index (χ0v) is 13.9. The van der Waals surface area contributed by atoms with E-state index in [0.29, 0.717) is 30.7 Å². The Morgan fingerprint density at radius 1 is 1.30 bits per heavy atom. The lowest BCUT2D eigenvalue weighted by Crippen LogP contribution is -2.34. The fourth-order valence-electron chi connectivity index (χ4n) is 2.32. The molecule has 0 saturated heterocycles. The van der Waals surface area contributed by atoms with Crippen LogP contribution in [0.2, 0.25) is 4.34 Å². The average molecular weight is 347 g/mol. The predicted octanol–water partition coefficient (Wildman–Crippen LogP) is 3.15. The topological polar surface area (TPSA) is 51.0 Å². The van der Waals surface area contributed by atoms with Crippen LogP contribution in [0, 0.1) is 0 Å². The molecule has 5 nitrogen and oxygen atoms in total. The summed E-state index contributed by atoms with van der Waals surface area (Å²) in [6.07, 6.45) is 1.80. The van der Waals surface area contributed by atoms with Gasteiger partial charge in [0.15, 0.2) is 0 Å². The highest BCUT2D eigenvalue weighted by Gasteiger charge is 2.11. The Bertz CT molecular complexity index is 889. The molecule has 0 aliphatic carbocycles. The minimum Gasteiger partial charge on any atom is -0.275 e. The Labute approximate surface area is 142 Å². The van der Waals surface area contributed by atoms with E-state index in [0.717, 1.165) is 9.21 Å². The van der Waals surface area contributed by atoms with E-state index in [9.17, 15) is 4.79 Å². The highest BCUT2D eigenvalue weighted by molar-refractivity contribution is 7.16. The molecule has 0 N–H and O–H groups in total. The first-order chi connectivity index (χ1) is 11.2. The molecule has 7 heteroatoms. The molecule has 3 aromatic rings. The standard InChI is InChI=1S/C16H15ClN4OS/c1-2-9-20(10-12-7-8-15(17)23-12)11-21-16(22)13-5-3-4-6-14(13)18-19-21/h2-8H,1,9-11H2. The van der Waals surface area contributed by atoms with Crippen molar-refractivity contribution in [1.82, 2.24) is 19.9 Å². The van der Waals surface area contributed by atoms with Gasteiger partial charge in [0.25, 0.3) is 5.56 Å². The average Bonchev–Trinajstić information content (AvgIpc) is 2.95. The Balaban J connectivity index is 1.86. The summed E-state index contributed by atoms with van der Waals surface area (Å²) in [7, 11) is 0. The number of halogens is 1. The Morgan fingerprint density at radius 3 is 2.87 bits per heavy atom. The third-order valence-corrected chi connectivity index (χ3v) is 4.57. The Hall–Kier alpha value is -2.02. The summed E-state index contributed by atoms with van der Waals surface area (Å²) in [6.45, 7) is 5.43. The summed E-state index contributed by atoms with van der Waals surface area (Å²) in [4.78, 5) is 15.7. The molecule has 0 aliphatic rings. The molecular formula is C16H15ClN4OS. The van der Waals surface area contributed by atoms with Gasteiger partial charge in [0.2, 0.25) is 0 Å². The molecule has 0 saturated carbocycles. The lowest BCUT2D eigenvalue weighted by molar-refractivity contribution is 0.214. The fourth-order valence-corrected chi connectivity index (χ4v) is 3.45. The number of aromatic nitrogens is 3. The van der Waals surface area contributed by atoms with Gasteiger partial charge in [-0.1, -0.05) is 35.0 Å². The zero-order valence-electron chi connectivity index (χ0n) is 12.4. The summed E-state index contributed by atoms with van der Waals surface area (Å²) < 4.78 is 2.13. The van der Waals surface area contributed by atoms with E-state index < -0.39 is 0 Å². The van der Waals surface area contributed by atoms with Crippen LogP contribution in [0.3, 0.4) is 0 Å². The number of hydrogen-bond acceptors (Lipinski definition) is 5. The number of nitrogens with zero attached hydrogens (tertiary/aromatic N) is 4. The third-order valence-electron chi connectivity index (χ3n) is 3.36. The van der Waals surface area contributed by atoms with Gasteiger partial charge in [0.05, 0.1) is 16.4 Å². The minimum absolute atomic E-state index is 0.145. The van der Waals surface area contributed by atoms with Gasteiger partial charge < -0.3 is 0 Å². The second kappa shape index (κ2) is 7.04. The molecule has 0 bridgehead atoms. The predicted molar refractivity (Wildman–Crippen MR) is 93.7 cm³/mol. The minimum atomic E-state index is -0.145. The van der Waals surface area contributed by atoms with Gasteiger partial charge in [0, 0.05) is 18.0 Å². The number of thiophene rings is 1. The molecule has 1 aromatic carbocycles. The highest BCUT2D eigenvalue weighted by Crippen LogP contribution is 2.22. The molecule has 0 unspecified atom stereocenters. The second-order valence-electron chi connectivity index (χ2n) is 5.06. The van der Waals surface area contributed by atoms with Crippen LogP contribution in [0.15, 0.2) is 53.8 Å². The number of rotatable bonds is 6. The van der Waals surface area contributed by atoms with Crippen molar-refractivity contribution in [2.75, 3.05) is 6.54 Å². The third kappa shape index (κ3) is 3.67. The van der Waals surface area contributed by atoms with Crippen molar-refractivity contribution >= 4 is 33.8 Å². The second-order valence-corrected chi connectivity index (χ2v) is 6.86. The van der Waals surface area contributed by atoms with Crippen molar-refractivity contribution in [2.24, 2.45) is 0 Å². The van der Waals surface area contributed by atoms with Crippen LogP contribution in [0.1, 0.15) is 4.88 Å². The maximum absolute atomic E-state index is 12.5. The van der Waals surface area contributed by atoms with Gasteiger partial charge in [-0.3, -0.25) is 9.69 Å². The molecule has 2 aromatic heterocycles. The Morgan fingerprint density at radius 2 is 2.13 bits per heavy atom. The van der Waals surface area contributed by atoms with Crippen molar-refractivity contribution in [3.63, 3.8) is 0 Å². The van der Waals surface area contributed by atoms with E-state index in [-0.39, 0.29) is 5.56 Å². The SMILES string of the molecule is C=CCN(Cc1ccc(Cl)s1)Cn1nnc2ccccc2c1=O. The van der Waals surface area contributed by atoms with Crippen molar-refractivity contribution in [2.45, 2.75) is 13.2 Å². The van der Waals surface area contributed by atoms with Crippen LogP contribution in [0.25, 0.3) is 10.9 Å². The molecule has 0 spiro atoms. The smallest absolute Gasteiger partial charge is 0.275 e. The largest absolute Gasteiger partial charge is 0.278 e. The van der Waals surface area contributed by atoms with Crippen molar-refractivity contribution < 1.29 is 0 Å². The molecular weight excluding hydrogens is 332 g/mol. The summed E-state index contributed by atoms with van der Waals surface area (Å²) in [5, 5.41) is 8.71. The number of hydrogen-bond donors (Lipinski definition) is 0. The fraction of sp³-hybridized carbons (Fsp3) is 0.188. The van der Waals surface area contributed by atoms with E-state index in [1.807, 2.05) is 24.3 Å². The first kappa shape index (κ1) is 15.9. The van der Waals surface area contributed by atoms with Gasteiger partial charge in [0.1, 0.15) is 5.52 Å². The molecule has 0 fully saturated rings. The summed E-state index contributed by atoms with van der Waals surface area (Å²) in [6, 6.07) is 11.1. The summed E-state index contributed by atoms with van der Waals surface area (Å²) in [5.41, 5.74) is 0.461. The first-order valence-electron chi connectivity index (χ1n) is 7.07. The van der Waals surface area contributed by atoms with E-state index in [1.54, 1.807) is 18.2 Å². The molecule has 3 rings (SSSR count). The molecule has 23 heavy (non-hydrogen) atoms. The highest BCUT2D eigenvalue weighted by atomic mass is 35.5. The van der Waals surface area contributed by atoms with Gasteiger partial charge >= 0.3 is 0 Å². The van der Waals surface area contributed by atoms with Crippen molar-refractivity contribution in [3.8, 4) is 0 Å². The van der Waals surface area contributed by atoms with E-state index in [1.165, 1.54) is 16.0 Å². The van der Waals surface area contributed by atoms with Crippen molar-refractivity contribution in [1.29, 1.82) is 0 Å². The van der Waals surface area contributed by atoms with Crippen LogP contribution in [-0.2, 0) is 13.2 Å². The molecule has 2 heterocycles. The van der Waals surface area contributed by atoms with E-state index in [2.05, 4.69) is 21.8 Å². The monoisotopic (exact) mass is 346 g/mol. The summed E-state index contributed by atoms with van der Waals surface area (Å²) in [5.74, 6) is 0. The number of fused-ring (bicyclic) bond motifs is 1. The van der Waals surface area contributed by atoms with Crippen molar-refractivity contribution in [3.05, 3.63) is 68.6 Å². The van der Waals surface area contributed by atoms with Crippen LogP contribution < -0.4 is 5.56 Å². The Kier molecular flexibility index (Phi) is 4.85. The van der Waals surface area contributed by atoms with Crippen LogP contribution in [0.4, 0.5) is 0 Å². The van der Waals surface area contributed by atoms with Gasteiger partial charge in [-0.05, 0) is 24.3 Å². The van der Waals surface area contributed by atoms with Crippen LogP contribution in [0.5, 0.6) is 0 Å². The molecule has 0 aliphatic heterocycles. The lowest BCUT2D eigenvalue weighted by Gasteiger charge is -2.20. The van der Waals surface area contributed by atoms with Crippen LogP contribution >= 0.6 is 22.9 Å². The van der Waals surface area contributed by atoms with E-state index in [4.69, 9.17) is 11.6 Å². The van der Waals surface area contributed by atoms with Gasteiger partial charge in [-0.15, -0.1) is 23.0 Å². The van der Waals surface area contributed by atoms with Crippen LogP contribution in [-0.4, -0.2) is 26.4 Å². The zero-order chi connectivity index (χ0) is 16.2. The first-order valence-corrected chi connectivity index (χ1v) is 8.27. The maximum Gasteiger partial charge on any atom is 0.278 e. The summed E-state index contributed by atoms with van der Waals surface area (Å²) >= 11 is 7.50. The normalized spacial score (nSPS) is 11.2. The molecule has 118 valence electrons. The van der Waals surface area contributed by atoms with E-state index >= 15 is 0 Å². The molecule has 0 radical (unpaired) electrons. The lowest BCUT2D eigenvalue weighted by atomic mass is 10.2. The molecule has 0 atom stereocenters.